The Kier molecular flexibility index (Phi) is 6.56. The average Bonchev–Trinajstić information content (AvgIpc) is 2.34. The molecule has 0 bridgehead atoms. The first-order valence-electron chi connectivity index (χ1n) is 5.92. The molecule has 0 fully saturated rings. The van der Waals surface area contributed by atoms with Crippen molar-refractivity contribution in [1.82, 2.24) is 5.32 Å². The molecular weight excluding hydrogens is 248 g/mol. The van der Waals surface area contributed by atoms with Gasteiger partial charge in [0.05, 0.1) is 19.6 Å². The van der Waals surface area contributed by atoms with E-state index in [1.165, 1.54) is 0 Å². The smallest absolute Gasteiger partial charge is 0.307 e. The van der Waals surface area contributed by atoms with Crippen molar-refractivity contribution < 1.29 is 19.4 Å². The predicted octanol–water partition coefficient (Wildman–Crippen LogP) is 0.488. The molecule has 0 radical (unpaired) electrons. The molecule has 1 rings (SSSR count). The largest absolute Gasteiger partial charge is 0.481 e. The van der Waals surface area contributed by atoms with Crippen LogP contribution >= 0.6 is 0 Å². The first kappa shape index (κ1) is 15.1. The predicted molar refractivity (Wildman–Crippen MR) is 71.2 cm³/mol. The first-order valence-corrected chi connectivity index (χ1v) is 5.92. The summed E-state index contributed by atoms with van der Waals surface area (Å²) in [5.74, 6) is -1.08. The highest BCUT2D eigenvalue weighted by Gasteiger charge is 2.04. The van der Waals surface area contributed by atoms with Crippen LogP contribution in [0.5, 0.6) is 0 Å². The van der Waals surface area contributed by atoms with E-state index >= 15 is 0 Å². The third-order valence-corrected chi connectivity index (χ3v) is 2.33. The number of benzene rings is 1. The number of nitrogens with one attached hydrogen (secondary N) is 2. The monoisotopic (exact) mass is 266 g/mol. The number of anilines is 1. The van der Waals surface area contributed by atoms with Crippen LogP contribution in [0.3, 0.4) is 0 Å². The summed E-state index contributed by atoms with van der Waals surface area (Å²) in [6, 6.07) is 6.80. The van der Waals surface area contributed by atoms with E-state index in [0.29, 0.717) is 24.4 Å². The van der Waals surface area contributed by atoms with Gasteiger partial charge in [-0.1, -0.05) is 12.1 Å². The lowest BCUT2D eigenvalue weighted by molar-refractivity contribution is -0.136. The summed E-state index contributed by atoms with van der Waals surface area (Å²) in [6.07, 6.45) is -0.0597. The van der Waals surface area contributed by atoms with E-state index in [-0.39, 0.29) is 18.9 Å². The fourth-order valence-electron chi connectivity index (χ4n) is 1.51. The minimum Gasteiger partial charge on any atom is -0.481 e. The van der Waals surface area contributed by atoms with E-state index in [1.54, 1.807) is 31.4 Å². The van der Waals surface area contributed by atoms with Gasteiger partial charge >= 0.3 is 5.97 Å². The second-order valence-electron chi connectivity index (χ2n) is 3.99. The summed E-state index contributed by atoms with van der Waals surface area (Å²) in [7, 11) is 1.59. The normalized spacial score (nSPS) is 10.2. The Labute approximate surface area is 111 Å². The van der Waals surface area contributed by atoms with Gasteiger partial charge in [0, 0.05) is 19.3 Å². The van der Waals surface area contributed by atoms with Crippen LogP contribution < -0.4 is 10.6 Å². The van der Waals surface area contributed by atoms with Gasteiger partial charge in [-0.15, -0.1) is 0 Å². The van der Waals surface area contributed by atoms with E-state index in [2.05, 4.69) is 10.6 Å². The number of ether oxygens (including phenoxy) is 1. The van der Waals surface area contributed by atoms with Gasteiger partial charge in [0.1, 0.15) is 0 Å². The van der Waals surface area contributed by atoms with Gasteiger partial charge in [-0.05, 0) is 17.7 Å². The molecular formula is C13H18N2O4. The van der Waals surface area contributed by atoms with E-state index in [1.807, 2.05) is 0 Å². The third kappa shape index (κ3) is 6.54. The quantitative estimate of drug-likeness (QED) is 0.596. The zero-order valence-electron chi connectivity index (χ0n) is 10.8. The van der Waals surface area contributed by atoms with Crippen molar-refractivity contribution in [3.63, 3.8) is 0 Å². The van der Waals surface area contributed by atoms with Crippen LogP contribution in [0, 0.1) is 0 Å². The number of methoxy groups -OCH3 is 1. The molecule has 1 amide bonds. The van der Waals surface area contributed by atoms with Crippen molar-refractivity contribution in [3.8, 4) is 0 Å². The van der Waals surface area contributed by atoms with Crippen LogP contribution in [0.15, 0.2) is 24.3 Å². The topological polar surface area (TPSA) is 87.7 Å². The Morgan fingerprint density at radius 2 is 2.16 bits per heavy atom. The highest BCUT2D eigenvalue weighted by atomic mass is 16.5. The molecule has 0 unspecified atom stereocenters. The van der Waals surface area contributed by atoms with Gasteiger partial charge in [0.2, 0.25) is 5.91 Å². The number of hydrogen-bond acceptors (Lipinski definition) is 4. The summed E-state index contributed by atoms with van der Waals surface area (Å²) in [5, 5.41) is 14.3. The van der Waals surface area contributed by atoms with Gasteiger partial charge in [0.25, 0.3) is 0 Å². The Hall–Kier alpha value is -1.92. The Bertz CT molecular complexity index is 434. The van der Waals surface area contributed by atoms with Gasteiger partial charge < -0.3 is 20.5 Å². The fraction of sp³-hybridized carbons (Fsp3) is 0.385. The summed E-state index contributed by atoms with van der Waals surface area (Å²) in [5.41, 5.74) is 1.25. The number of rotatable bonds is 8. The number of hydrogen-bond donors (Lipinski definition) is 3. The molecule has 0 saturated carbocycles. The van der Waals surface area contributed by atoms with E-state index in [9.17, 15) is 9.59 Å². The summed E-state index contributed by atoms with van der Waals surface area (Å²) in [4.78, 5) is 22.2. The molecule has 19 heavy (non-hydrogen) atoms. The number of amides is 1. The maximum Gasteiger partial charge on any atom is 0.307 e. The molecule has 104 valence electrons. The highest BCUT2D eigenvalue weighted by molar-refractivity contribution is 5.92. The number of carboxylic acids is 1. The minimum atomic E-state index is -0.898. The summed E-state index contributed by atoms with van der Waals surface area (Å²) in [6.45, 7) is 1.33. The fourth-order valence-corrected chi connectivity index (χ4v) is 1.51. The molecule has 6 nitrogen and oxygen atoms in total. The molecule has 3 N–H and O–H groups in total. The van der Waals surface area contributed by atoms with Crippen LogP contribution in [0.25, 0.3) is 0 Å². The lowest BCUT2D eigenvalue weighted by Crippen LogP contribution is -2.30. The average molecular weight is 266 g/mol. The zero-order valence-corrected chi connectivity index (χ0v) is 10.8. The number of aliphatic carboxylic acids is 1. The van der Waals surface area contributed by atoms with Crippen molar-refractivity contribution in [2.45, 2.75) is 6.42 Å². The summed E-state index contributed by atoms with van der Waals surface area (Å²) >= 11 is 0. The maximum absolute atomic E-state index is 11.6. The Morgan fingerprint density at radius 1 is 1.37 bits per heavy atom. The summed E-state index contributed by atoms with van der Waals surface area (Å²) < 4.78 is 4.84. The molecule has 0 saturated heterocycles. The van der Waals surface area contributed by atoms with Crippen LogP contribution in [0.2, 0.25) is 0 Å². The van der Waals surface area contributed by atoms with Crippen LogP contribution in [-0.4, -0.2) is 43.8 Å². The van der Waals surface area contributed by atoms with Crippen LogP contribution in [0.1, 0.15) is 5.56 Å². The van der Waals surface area contributed by atoms with E-state index in [0.717, 1.165) is 0 Å². The first-order chi connectivity index (χ1) is 9.11. The molecule has 0 aliphatic heterocycles. The SMILES string of the molecule is COCCNCC(=O)Nc1cccc(CC(=O)O)c1. The Balaban J connectivity index is 2.43. The van der Waals surface area contributed by atoms with Crippen LogP contribution in [-0.2, 0) is 20.7 Å². The van der Waals surface area contributed by atoms with E-state index in [4.69, 9.17) is 9.84 Å². The van der Waals surface area contributed by atoms with Crippen LogP contribution in [0.4, 0.5) is 5.69 Å². The maximum atomic E-state index is 11.6. The second kappa shape index (κ2) is 8.23. The standard InChI is InChI=1S/C13H18N2O4/c1-19-6-5-14-9-12(16)15-11-4-2-3-10(7-11)8-13(17)18/h2-4,7,14H,5-6,8-9H2,1H3,(H,15,16)(H,17,18). The number of carboxylic acid groups (broad SMARTS) is 1. The number of carbonyl (C=O) groups is 2. The molecule has 1 aromatic rings. The molecule has 0 aliphatic carbocycles. The van der Waals surface area contributed by atoms with Crippen molar-refractivity contribution in [2.24, 2.45) is 0 Å². The van der Waals surface area contributed by atoms with Crippen molar-refractivity contribution >= 4 is 17.6 Å². The molecule has 0 aromatic heterocycles. The van der Waals surface area contributed by atoms with Gasteiger partial charge in [0.15, 0.2) is 0 Å². The number of carbonyl (C=O) groups excluding carboxylic acids is 1. The van der Waals surface area contributed by atoms with Crippen molar-refractivity contribution in [1.29, 1.82) is 0 Å². The molecule has 0 spiro atoms. The lowest BCUT2D eigenvalue weighted by Gasteiger charge is -2.07. The molecule has 6 heteroatoms. The molecule has 0 heterocycles. The third-order valence-electron chi connectivity index (χ3n) is 2.33. The van der Waals surface area contributed by atoms with Crippen molar-refractivity contribution in [2.75, 3.05) is 32.1 Å². The Morgan fingerprint density at radius 3 is 2.84 bits per heavy atom. The molecule has 0 aliphatic rings. The van der Waals surface area contributed by atoms with Gasteiger partial charge in [-0.2, -0.15) is 0 Å². The second-order valence-corrected chi connectivity index (χ2v) is 3.99. The van der Waals surface area contributed by atoms with Gasteiger partial charge in [-0.25, -0.2) is 0 Å². The lowest BCUT2D eigenvalue weighted by atomic mass is 10.1. The van der Waals surface area contributed by atoms with Gasteiger partial charge in [-0.3, -0.25) is 9.59 Å². The highest BCUT2D eigenvalue weighted by Crippen LogP contribution is 2.11. The minimum absolute atomic E-state index is 0.0597. The zero-order chi connectivity index (χ0) is 14.1. The molecule has 0 atom stereocenters. The van der Waals surface area contributed by atoms with Crippen molar-refractivity contribution in [3.05, 3.63) is 29.8 Å². The molecule has 1 aromatic carbocycles. The van der Waals surface area contributed by atoms with E-state index < -0.39 is 5.97 Å².